The second kappa shape index (κ2) is 7.47. The van der Waals surface area contributed by atoms with Crippen molar-refractivity contribution in [3.63, 3.8) is 0 Å². The summed E-state index contributed by atoms with van der Waals surface area (Å²) in [6.07, 6.45) is 0. The minimum absolute atomic E-state index is 0.157. The molecule has 0 saturated heterocycles. The fourth-order valence-corrected chi connectivity index (χ4v) is 2.52. The van der Waals surface area contributed by atoms with Crippen molar-refractivity contribution < 1.29 is 9.84 Å². The molecule has 0 saturated carbocycles. The van der Waals surface area contributed by atoms with Gasteiger partial charge in [-0.2, -0.15) is 0 Å². The molecule has 0 spiro atoms. The van der Waals surface area contributed by atoms with Crippen molar-refractivity contribution in [2.45, 2.75) is 6.54 Å². The lowest BCUT2D eigenvalue weighted by Crippen LogP contribution is -2.05. The second-order valence-electron chi connectivity index (χ2n) is 5.40. The Kier molecular flexibility index (Phi) is 4.92. The molecule has 0 radical (unpaired) electrons. The van der Waals surface area contributed by atoms with Gasteiger partial charge in [-0.3, -0.25) is 4.99 Å². The number of aliphatic imine (C=N–C) groups is 1. The van der Waals surface area contributed by atoms with Gasteiger partial charge in [0, 0.05) is 17.2 Å². The van der Waals surface area contributed by atoms with Crippen molar-refractivity contribution in [3.8, 4) is 11.5 Å². The van der Waals surface area contributed by atoms with E-state index in [0.29, 0.717) is 17.9 Å². The van der Waals surface area contributed by atoms with Crippen molar-refractivity contribution in [2.24, 2.45) is 4.99 Å². The van der Waals surface area contributed by atoms with Crippen LogP contribution in [0.2, 0.25) is 0 Å². The van der Waals surface area contributed by atoms with Crippen LogP contribution in [0.4, 0.5) is 0 Å². The molecule has 0 aliphatic heterocycles. The summed E-state index contributed by atoms with van der Waals surface area (Å²) in [7, 11) is 1.58. The molecule has 0 fully saturated rings. The normalized spacial score (nSPS) is 11.3. The third kappa shape index (κ3) is 3.63. The highest BCUT2D eigenvalue weighted by molar-refractivity contribution is 6.14. The van der Waals surface area contributed by atoms with E-state index < -0.39 is 0 Å². The fraction of sp³-hybridized carbons (Fsp3) is 0.0952. The van der Waals surface area contributed by atoms with Crippen molar-refractivity contribution in [1.82, 2.24) is 0 Å². The highest BCUT2D eigenvalue weighted by Crippen LogP contribution is 2.26. The minimum Gasteiger partial charge on any atom is -0.507 e. The first-order valence-corrected chi connectivity index (χ1v) is 7.79. The topological polar surface area (TPSA) is 41.8 Å². The monoisotopic (exact) mass is 317 g/mol. The molecule has 3 aromatic carbocycles. The van der Waals surface area contributed by atoms with Crippen molar-refractivity contribution in [3.05, 3.63) is 95.6 Å². The third-order valence-corrected chi connectivity index (χ3v) is 3.77. The van der Waals surface area contributed by atoms with Crippen LogP contribution in [0.3, 0.4) is 0 Å². The molecule has 0 atom stereocenters. The summed E-state index contributed by atoms with van der Waals surface area (Å²) in [5.74, 6) is 0.775. The SMILES string of the molecule is COc1ccc(C(=NCc2ccccc2)c2ccccc2)c(O)c1. The maximum Gasteiger partial charge on any atom is 0.128 e. The molecule has 0 heterocycles. The van der Waals surface area contributed by atoms with Crippen LogP contribution < -0.4 is 4.74 Å². The maximum atomic E-state index is 10.4. The van der Waals surface area contributed by atoms with E-state index in [-0.39, 0.29) is 5.75 Å². The number of benzene rings is 3. The van der Waals surface area contributed by atoms with E-state index in [1.807, 2.05) is 72.8 Å². The lowest BCUT2D eigenvalue weighted by molar-refractivity contribution is 0.407. The molecule has 0 unspecified atom stereocenters. The predicted octanol–water partition coefficient (Wildman–Crippen LogP) is 4.44. The Labute approximate surface area is 141 Å². The Morgan fingerprint density at radius 1 is 0.917 bits per heavy atom. The average Bonchev–Trinajstić information content (AvgIpc) is 2.64. The zero-order chi connectivity index (χ0) is 16.8. The lowest BCUT2D eigenvalue weighted by atomic mass is 10.0. The number of hydrogen-bond donors (Lipinski definition) is 1. The molecular weight excluding hydrogens is 298 g/mol. The Morgan fingerprint density at radius 2 is 1.58 bits per heavy atom. The van der Waals surface area contributed by atoms with Crippen molar-refractivity contribution in [1.29, 1.82) is 0 Å². The van der Waals surface area contributed by atoms with Gasteiger partial charge in [-0.25, -0.2) is 0 Å². The highest BCUT2D eigenvalue weighted by Gasteiger charge is 2.12. The molecule has 3 aromatic rings. The summed E-state index contributed by atoms with van der Waals surface area (Å²) in [5, 5.41) is 10.4. The zero-order valence-corrected chi connectivity index (χ0v) is 13.5. The molecule has 3 rings (SSSR count). The van der Waals surface area contributed by atoms with Crippen molar-refractivity contribution in [2.75, 3.05) is 7.11 Å². The molecule has 0 aliphatic carbocycles. The third-order valence-electron chi connectivity index (χ3n) is 3.77. The van der Waals surface area contributed by atoms with Crippen LogP contribution in [0.5, 0.6) is 11.5 Å². The first-order chi connectivity index (χ1) is 11.8. The summed E-state index contributed by atoms with van der Waals surface area (Å²) in [6.45, 7) is 0.552. The number of phenolic OH excluding ortho intramolecular Hbond substituents is 1. The second-order valence-corrected chi connectivity index (χ2v) is 5.40. The molecular formula is C21H19NO2. The number of hydrogen-bond acceptors (Lipinski definition) is 3. The molecule has 3 heteroatoms. The van der Waals surface area contributed by atoms with E-state index in [9.17, 15) is 5.11 Å². The van der Waals surface area contributed by atoms with Crippen LogP contribution in [0.1, 0.15) is 16.7 Å². The van der Waals surface area contributed by atoms with Gasteiger partial charge in [-0.15, -0.1) is 0 Å². The Balaban J connectivity index is 2.02. The largest absolute Gasteiger partial charge is 0.507 e. The summed E-state index contributed by atoms with van der Waals surface area (Å²) in [6, 6.07) is 25.2. The van der Waals surface area contributed by atoms with E-state index in [0.717, 1.165) is 16.8 Å². The maximum absolute atomic E-state index is 10.4. The van der Waals surface area contributed by atoms with Crippen LogP contribution in [0.25, 0.3) is 0 Å². The smallest absolute Gasteiger partial charge is 0.128 e. The number of rotatable bonds is 5. The van der Waals surface area contributed by atoms with Crippen LogP contribution in [-0.2, 0) is 6.54 Å². The van der Waals surface area contributed by atoms with Gasteiger partial charge in [0.2, 0.25) is 0 Å². The average molecular weight is 317 g/mol. The summed E-state index contributed by atoms with van der Waals surface area (Å²) in [5.41, 5.74) is 3.55. The Hall–Kier alpha value is -3.07. The van der Waals surface area contributed by atoms with Crippen molar-refractivity contribution >= 4 is 5.71 Å². The van der Waals surface area contributed by atoms with Crippen LogP contribution in [-0.4, -0.2) is 17.9 Å². The van der Waals surface area contributed by atoms with E-state index in [1.54, 1.807) is 13.2 Å². The first kappa shape index (κ1) is 15.8. The Morgan fingerprint density at radius 3 is 2.21 bits per heavy atom. The molecule has 1 N–H and O–H groups in total. The van der Waals surface area contributed by atoms with E-state index in [2.05, 4.69) is 0 Å². The molecule has 24 heavy (non-hydrogen) atoms. The summed E-state index contributed by atoms with van der Waals surface area (Å²) in [4.78, 5) is 4.77. The quantitative estimate of drug-likeness (QED) is 0.707. The summed E-state index contributed by atoms with van der Waals surface area (Å²) >= 11 is 0. The molecule has 0 bridgehead atoms. The molecule has 120 valence electrons. The van der Waals surface area contributed by atoms with Gasteiger partial charge in [-0.1, -0.05) is 60.7 Å². The van der Waals surface area contributed by atoms with E-state index in [4.69, 9.17) is 9.73 Å². The van der Waals surface area contributed by atoms with Gasteiger partial charge in [0.05, 0.1) is 19.4 Å². The number of methoxy groups -OCH3 is 1. The summed E-state index contributed by atoms with van der Waals surface area (Å²) < 4.78 is 5.16. The van der Waals surface area contributed by atoms with Gasteiger partial charge in [0.15, 0.2) is 0 Å². The van der Waals surface area contributed by atoms with Gasteiger partial charge in [0.25, 0.3) is 0 Å². The zero-order valence-electron chi connectivity index (χ0n) is 13.5. The fourth-order valence-electron chi connectivity index (χ4n) is 2.52. The molecule has 0 aliphatic rings. The molecule has 0 amide bonds. The number of nitrogens with zero attached hydrogens (tertiary/aromatic N) is 1. The van der Waals surface area contributed by atoms with Gasteiger partial charge >= 0.3 is 0 Å². The van der Waals surface area contributed by atoms with Crippen LogP contribution in [0, 0.1) is 0 Å². The van der Waals surface area contributed by atoms with Gasteiger partial charge < -0.3 is 9.84 Å². The standard InChI is InChI=1S/C21H19NO2/c1-24-18-12-13-19(20(23)14-18)21(17-10-6-3-7-11-17)22-15-16-8-4-2-5-9-16/h2-14,23H,15H2,1H3. The first-order valence-electron chi connectivity index (χ1n) is 7.79. The molecule has 3 nitrogen and oxygen atoms in total. The number of aromatic hydroxyl groups is 1. The van der Waals surface area contributed by atoms with Crippen LogP contribution >= 0.6 is 0 Å². The molecule has 0 aromatic heterocycles. The van der Waals surface area contributed by atoms with E-state index >= 15 is 0 Å². The minimum atomic E-state index is 0.157. The predicted molar refractivity (Wildman–Crippen MR) is 96.9 cm³/mol. The van der Waals surface area contributed by atoms with E-state index in [1.165, 1.54) is 0 Å². The van der Waals surface area contributed by atoms with Gasteiger partial charge in [-0.05, 0) is 17.7 Å². The highest BCUT2D eigenvalue weighted by atomic mass is 16.5. The number of phenols is 1. The lowest BCUT2D eigenvalue weighted by Gasteiger charge is -2.11. The van der Waals surface area contributed by atoms with Gasteiger partial charge in [0.1, 0.15) is 11.5 Å². The Bertz CT molecular complexity index is 827. The van der Waals surface area contributed by atoms with Crippen LogP contribution in [0.15, 0.2) is 83.9 Å². The number of ether oxygens (including phenoxy) is 1.